The monoisotopic (exact) mass is 418 g/mol. The molecule has 0 saturated heterocycles. The van der Waals surface area contributed by atoms with E-state index >= 15 is 0 Å². The van der Waals surface area contributed by atoms with E-state index in [1.807, 2.05) is 19.2 Å². The van der Waals surface area contributed by atoms with Crippen LogP contribution in [0.1, 0.15) is 11.1 Å². The van der Waals surface area contributed by atoms with Gasteiger partial charge in [0.25, 0.3) is 5.95 Å². The molecular weight excluding hydrogens is 398 g/mol. The molecule has 2 aromatic heterocycles. The van der Waals surface area contributed by atoms with Crippen LogP contribution < -0.4 is 15.7 Å². The second-order valence-corrected chi connectivity index (χ2v) is 7.54. The van der Waals surface area contributed by atoms with Crippen molar-refractivity contribution in [2.24, 2.45) is 0 Å². The first kappa shape index (κ1) is 19.5. The second-order valence-electron chi connectivity index (χ2n) is 7.54. The molecule has 0 atom stereocenters. The van der Waals surface area contributed by atoms with E-state index in [2.05, 4.69) is 15.3 Å². The normalized spacial score (nSPS) is 13.0. The first-order valence-corrected chi connectivity index (χ1v) is 9.95. The first-order valence-electron chi connectivity index (χ1n) is 9.95. The molecule has 0 radical (unpaired) electrons. The summed E-state index contributed by atoms with van der Waals surface area (Å²) in [6, 6.07) is 11.6. The van der Waals surface area contributed by atoms with E-state index in [0.29, 0.717) is 34.7 Å². The van der Waals surface area contributed by atoms with E-state index in [0.717, 1.165) is 29.9 Å². The number of benzene rings is 2. The minimum Gasteiger partial charge on any atom is -0.423 e. The largest absolute Gasteiger partial charge is 0.489 e. The molecule has 31 heavy (non-hydrogen) atoms. The SMILES string of the molecule is CN1CCc2c(NCc3cccc(F)c3)nc(-n3ncc4c(B(O)O)cccc43)nc21. The maximum Gasteiger partial charge on any atom is 0.489 e. The summed E-state index contributed by atoms with van der Waals surface area (Å²) >= 11 is 0. The van der Waals surface area contributed by atoms with Gasteiger partial charge in [0.05, 0.1) is 11.7 Å². The minimum absolute atomic E-state index is 0.280. The highest BCUT2D eigenvalue weighted by atomic mass is 19.1. The zero-order chi connectivity index (χ0) is 21.5. The van der Waals surface area contributed by atoms with E-state index in [1.54, 1.807) is 29.1 Å². The van der Waals surface area contributed by atoms with Crippen molar-refractivity contribution in [3.05, 3.63) is 65.6 Å². The average Bonchev–Trinajstić information content (AvgIpc) is 3.35. The molecule has 0 bridgehead atoms. The van der Waals surface area contributed by atoms with Crippen LogP contribution in [0, 0.1) is 5.82 Å². The van der Waals surface area contributed by atoms with Crippen molar-refractivity contribution in [2.45, 2.75) is 13.0 Å². The highest BCUT2D eigenvalue weighted by molar-refractivity contribution is 6.61. The first-order chi connectivity index (χ1) is 15.0. The molecule has 3 N–H and O–H groups in total. The molecule has 8 nitrogen and oxygen atoms in total. The molecule has 0 spiro atoms. The molecule has 5 rings (SSSR count). The van der Waals surface area contributed by atoms with Crippen LogP contribution in [0.2, 0.25) is 0 Å². The molecule has 1 aliphatic heterocycles. The van der Waals surface area contributed by atoms with Crippen molar-refractivity contribution in [3.8, 4) is 5.95 Å². The van der Waals surface area contributed by atoms with Crippen LogP contribution in [0.15, 0.2) is 48.7 Å². The Morgan fingerprint density at radius 3 is 2.81 bits per heavy atom. The Kier molecular flexibility index (Phi) is 4.80. The molecule has 3 heterocycles. The quantitative estimate of drug-likeness (QED) is 0.420. The molecule has 0 amide bonds. The zero-order valence-electron chi connectivity index (χ0n) is 16.8. The predicted molar refractivity (Wildman–Crippen MR) is 117 cm³/mol. The lowest BCUT2D eigenvalue weighted by molar-refractivity contribution is 0.426. The second kappa shape index (κ2) is 7.64. The van der Waals surface area contributed by atoms with Gasteiger partial charge in [0.1, 0.15) is 17.5 Å². The van der Waals surface area contributed by atoms with Crippen LogP contribution in [0.25, 0.3) is 16.9 Å². The Balaban J connectivity index is 1.57. The lowest BCUT2D eigenvalue weighted by atomic mass is 9.78. The van der Waals surface area contributed by atoms with Crippen LogP contribution in [0.3, 0.4) is 0 Å². The van der Waals surface area contributed by atoms with Crippen molar-refractivity contribution in [2.75, 3.05) is 23.8 Å². The van der Waals surface area contributed by atoms with Crippen LogP contribution in [0.4, 0.5) is 16.0 Å². The number of rotatable bonds is 5. The van der Waals surface area contributed by atoms with Crippen LogP contribution in [-0.2, 0) is 13.0 Å². The Morgan fingerprint density at radius 2 is 2.00 bits per heavy atom. The van der Waals surface area contributed by atoms with Gasteiger partial charge in [0.2, 0.25) is 0 Å². The zero-order valence-corrected chi connectivity index (χ0v) is 16.8. The van der Waals surface area contributed by atoms with Crippen molar-refractivity contribution < 1.29 is 14.4 Å². The predicted octanol–water partition coefficient (Wildman–Crippen LogP) is 1.24. The number of halogens is 1. The molecule has 1 aliphatic rings. The van der Waals surface area contributed by atoms with Gasteiger partial charge in [-0.3, -0.25) is 0 Å². The fourth-order valence-corrected chi connectivity index (χ4v) is 3.92. The van der Waals surface area contributed by atoms with Crippen LogP contribution >= 0.6 is 0 Å². The summed E-state index contributed by atoms with van der Waals surface area (Å²) in [4.78, 5) is 11.5. The van der Waals surface area contributed by atoms with Crippen LogP contribution in [-0.4, -0.2) is 50.5 Å². The van der Waals surface area contributed by atoms with Gasteiger partial charge in [-0.15, -0.1) is 0 Å². The van der Waals surface area contributed by atoms with E-state index in [1.165, 1.54) is 12.1 Å². The highest BCUT2D eigenvalue weighted by Crippen LogP contribution is 2.31. The van der Waals surface area contributed by atoms with Crippen molar-refractivity contribution in [1.29, 1.82) is 0 Å². The number of hydrogen-bond acceptors (Lipinski definition) is 7. The number of aromatic nitrogens is 4. The lowest BCUT2D eigenvalue weighted by Crippen LogP contribution is -2.30. The summed E-state index contributed by atoms with van der Waals surface area (Å²) < 4.78 is 15.1. The Morgan fingerprint density at radius 1 is 1.16 bits per heavy atom. The van der Waals surface area contributed by atoms with E-state index in [4.69, 9.17) is 9.97 Å². The van der Waals surface area contributed by atoms with Crippen LogP contribution in [0.5, 0.6) is 0 Å². The van der Waals surface area contributed by atoms with Crippen molar-refractivity contribution >= 4 is 35.1 Å². The Hall–Kier alpha value is -3.50. The van der Waals surface area contributed by atoms with Gasteiger partial charge in [-0.25, -0.2) is 4.39 Å². The molecule has 4 aromatic rings. The van der Waals surface area contributed by atoms with Gasteiger partial charge in [0, 0.05) is 31.1 Å². The average molecular weight is 418 g/mol. The third-order valence-electron chi connectivity index (χ3n) is 5.50. The fraction of sp³-hybridized carbons (Fsp3) is 0.190. The summed E-state index contributed by atoms with van der Waals surface area (Å²) in [5.74, 6) is 1.58. The summed E-state index contributed by atoms with van der Waals surface area (Å²) in [5, 5.41) is 27.6. The molecule has 0 unspecified atom stereocenters. The van der Waals surface area contributed by atoms with Gasteiger partial charge < -0.3 is 20.3 Å². The molecule has 0 fully saturated rings. The number of likely N-dealkylation sites (N-methyl/N-ethyl adjacent to an activating group) is 1. The summed E-state index contributed by atoms with van der Waals surface area (Å²) in [6.45, 7) is 1.24. The fourth-order valence-electron chi connectivity index (χ4n) is 3.92. The minimum atomic E-state index is -1.60. The van der Waals surface area contributed by atoms with Crippen molar-refractivity contribution in [1.82, 2.24) is 19.7 Å². The van der Waals surface area contributed by atoms with E-state index in [-0.39, 0.29) is 5.82 Å². The highest BCUT2D eigenvalue weighted by Gasteiger charge is 2.25. The topological polar surface area (TPSA) is 99.3 Å². The van der Waals surface area contributed by atoms with Gasteiger partial charge in [0.15, 0.2) is 0 Å². The van der Waals surface area contributed by atoms with E-state index in [9.17, 15) is 14.4 Å². The molecule has 156 valence electrons. The van der Waals surface area contributed by atoms with Gasteiger partial charge in [-0.05, 0) is 35.6 Å². The van der Waals surface area contributed by atoms with Crippen molar-refractivity contribution in [3.63, 3.8) is 0 Å². The molecule has 0 saturated carbocycles. The van der Waals surface area contributed by atoms with Gasteiger partial charge >= 0.3 is 7.12 Å². The summed E-state index contributed by atoms with van der Waals surface area (Å²) in [6.07, 6.45) is 2.38. The number of fused-ring (bicyclic) bond motifs is 2. The molecule has 10 heteroatoms. The molecule has 2 aromatic carbocycles. The van der Waals surface area contributed by atoms with Gasteiger partial charge in [-0.1, -0.05) is 24.3 Å². The third kappa shape index (κ3) is 3.49. The maximum atomic E-state index is 13.5. The number of nitrogens with one attached hydrogen (secondary N) is 1. The third-order valence-corrected chi connectivity index (χ3v) is 5.50. The number of nitrogens with zero attached hydrogens (tertiary/aromatic N) is 5. The lowest BCUT2D eigenvalue weighted by Gasteiger charge is -2.15. The van der Waals surface area contributed by atoms with Gasteiger partial charge in [-0.2, -0.15) is 19.7 Å². The molecular formula is C21H20BFN6O2. The summed E-state index contributed by atoms with van der Waals surface area (Å²) in [7, 11) is 0.373. The smallest absolute Gasteiger partial charge is 0.423 e. The molecule has 0 aliphatic carbocycles. The van der Waals surface area contributed by atoms with E-state index < -0.39 is 7.12 Å². The summed E-state index contributed by atoms with van der Waals surface area (Å²) in [5.41, 5.74) is 2.85. The Bertz CT molecular complexity index is 1280. The number of anilines is 2. The number of hydrogen-bond donors (Lipinski definition) is 3. The Labute approximate surface area is 178 Å². The maximum absolute atomic E-state index is 13.5. The standard InChI is InChI=1S/C21H20BFN6O2/c1-28-9-8-15-19(24-11-13-4-2-5-14(23)10-13)26-21(27-20(15)28)29-18-7-3-6-17(22(30)31)16(18)12-25-29/h2-7,10,12,30-31H,8-9,11H2,1H3,(H,24,26,27).